The maximum atomic E-state index is 9.99. The van der Waals surface area contributed by atoms with Gasteiger partial charge in [-0.2, -0.15) is 0 Å². The van der Waals surface area contributed by atoms with Gasteiger partial charge in [-0.3, -0.25) is 0 Å². The third-order valence-electron chi connectivity index (χ3n) is 4.66. The Balaban J connectivity index is 1.75. The van der Waals surface area contributed by atoms with Crippen molar-refractivity contribution >= 4 is 22.6 Å². The van der Waals surface area contributed by atoms with Gasteiger partial charge < -0.3 is 24.8 Å². The average molecular weight is 405 g/mol. The van der Waals surface area contributed by atoms with Gasteiger partial charge in [0.05, 0.1) is 30.9 Å². The molecule has 0 fully saturated rings. The molecule has 3 rings (SSSR count). The van der Waals surface area contributed by atoms with Crippen molar-refractivity contribution in [3.8, 4) is 0 Å². The van der Waals surface area contributed by atoms with Crippen LogP contribution in [0.25, 0.3) is 11.0 Å². The molecular weight excluding hydrogens is 380 g/mol. The van der Waals surface area contributed by atoms with Gasteiger partial charge in [0.1, 0.15) is 18.6 Å². The maximum absolute atomic E-state index is 9.99. The fraction of sp³-hybridized carbons (Fsp3) is 0.400. The molecule has 2 aromatic heterocycles. The van der Waals surface area contributed by atoms with E-state index < -0.39 is 12.1 Å². The van der Waals surface area contributed by atoms with Crippen molar-refractivity contribution in [2.75, 3.05) is 6.61 Å². The molecule has 28 heavy (non-hydrogen) atoms. The zero-order valence-corrected chi connectivity index (χ0v) is 16.5. The van der Waals surface area contributed by atoms with Crippen molar-refractivity contribution < 1.29 is 14.9 Å². The summed E-state index contributed by atoms with van der Waals surface area (Å²) in [7, 11) is 0. The SMILES string of the molecule is CC[C@@H](O)[C@@H](CO)NCc1cn(COCc2ccccc2)c2c(Cl)ncnc12. The molecule has 0 amide bonds. The van der Waals surface area contributed by atoms with E-state index in [1.807, 2.05) is 48.0 Å². The summed E-state index contributed by atoms with van der Waals surface area (Å²) in [5.74, 6) is 0. The molecular formula is C20H25ClN4O3. The normalized spacial score (nSPS) is 13.7. The fourth-order valence-corrected chi connectivity index (χ4v) is 3.32. The summed E-state index contributed by atoms with van der Waals surface area (Å²) in [5.41, 5.74) is 3.40. The molecule has 8 heteroatoms. The van der Waals surface area contributed by atoms with Gasteiger partial charge in [-0.1, -0.05) is 48.9 Å². The number of hydrogen-bond acceptors (Lipinski definition) is 6. The molecule has 0 unspecified atom stereocenters. The molecule has 2 heterocycles. The molecule has 1 aromatic carbocycles. The maximum Gasteiger partial charge on any atom is 0.156 e. The molecule has 0 saturated carbocycles. The van der Waals surface area contributed by atoms with Gasteiger partial charge >= 0.3 is 0 Å². The number of benzene rings is 1. The first-order valence-electron chi connectivity index (χ1n) is 9.26. The van der Waals surface area contributed by atoms with Crippen molar-refractivity contribution in [3.63, 3.8) is 0 Å². The van der Waals surface area contributed by atoms with E-state index in [0.29, 0.717) is 37.0 Å². The third kappa shape index (κ3) is 4.87. The number of hydrogen-bond donors (Lipinski definition) is 3. The van der Waals surface area contributed by atoms with E-state index in [1.54, 1.807) is 0 Å². The van der Waals surface area contributed by atoms with Crippen molar-refractivity contribution in [2.45, 2.75) is 45.4 Å². The van der Waals surface area contributed by atoms with Gasteiger partial charge in [0.15, 0.2) is 5.15 Å². The Kier molecular flexibility index (Phi) is 7.36. The molecule has 0 aliphatic carbocycles. The number of fused-ring (bicyclic) bond motifs is 1. The van der Waals surface area contributed by atoms with Crippen LogP contribution in [-0.4, -0.2) is 43.5 Å². The molecule has 3 aromatic rings. The minimum absolute atomic E-state index is 0.149. The lowest BCUT2D eigenvalue weighted by atomic mass is 10.1. The van der Waals surface area contributed by atoms with Gasteiger partial charge in [0.25, 0.3) is 0 Å². The highest BCUT2D eigenvalue weighted by molar-refractivity contribution is 6.33. The van der Waals surface area contributed by atoms with Crippen LogP contribution < -0.4 is 5.32 Å². The van der Waals surface area contributed by atoms with Gasteiger partial charge in [-0.15, -0.1) is 0 Å². The first-order valence-corrected chi connectivity index (χ1v) is 9.64. The predicted octanol–water partition coefficient (Wildman–Crippen LogP) is 2.48. The highest BCUT2D eigenvalue weighted by Gasteiger charge is 2.18. The third-order valence-corrected chi connectivity index (χ3v) is 4.93. The smallest absolute Gasteiger partial charge is 0.156 e. The summed E-state index contributed by atoms with van der Waals surface area (Å²) in [4.78, 5) is 8.44. The number of ether oxygens (including phenoxy) is 1. The van der Waals surface area contributed by atoms with Crippen LogP contribution in [0.1, 0.15) is 24.5 Å². The summed E-state index contributed by atoms with van der Waals surface area (Å²) in [6, 6.07) is 9.52. The molecule has 150 valence electrons. The topological polar surface area (TPSA) is 92.4 Å². The number of halogens is 1. The van der Waals surface area contributed by atoms with Crippen LogP contribution in [0.2, 0.25) is 5.15 Å². The number of rotatable bonds is 10. The van der Waals surface area contributed by atoms with Crippen molar-refractivity contribution in [2.24, 2.45) is 0 Å². The molecule has 0 spiro atoms. The summed E-state index contributed by atoms with van der Waals surface area (Å²) in [6.45, 7) is 2.94. The average Bonchev–Trinajstić information content (AvgIpc) is 3.08. The Bertz CT molecular complexity index is 888. The Morgan fingerprint density at radius 1 is 1.25 bits per heavy atom. The van der Waals surface area contributed by atoms with Gasteiger partial charge in [0.2, 0.25) is 0 Å². The standard InChI is InChI=1S/C20H25ClN4O3/c1-2-17(27)16(10-26)22-8-15-9-25(19-18(15)23-12-24-20(19)21)13-28-11-14-6-4-3-5-7-14/h3-7,9,12,16-17,22,26-27H,2,8,10-11,13H2,1H3/t16-,17-/m1/s1. The van der Waals surface area contributed by atoms with E-state index in [0.717, 1.165) is 16.6 Å². The summed E-state index contributed by atoms with van der Waals surface area (Å²) in [6.07, 6.45) is 3.27. The summed E-state index contributed by atoms with van der Waals surface area (Å²) in [5, 5.41) is 23.0. The second kappa shape index (κ2) is 9.95. The summed E-state index contributed by atoms with van der Waals surface area (Å²) >= 11 is 6.31. The van der Waals surface area contributed by atoms with Gasteiger partial charge in [0, 0.05) is 18.3 Å². The van der Waals surface area contributed by atoms with Crippen LogP contribution >= 0.6 is 11.6 Å². The van der Waals surface area contributed by atoms with Crippen molar-refractivity contribution in [1.29, 1.82) is 0 Å². The molecule has 7 nitrogen and oxygen atoms in total. The Labute approximate surface area is 169 Å². The molecule has 0 radical (unpaired) electrons. The molecule has 0 aliphatic rings. The van der Waals surface area contributed by atoms with E-state index in [-0.39, 0.29) is 6.61 Å². The van der Waals surface area contributed by atoms with Crippen LogP contribution in [-0.2, 0) is 24.6 Å². The Morgan fingerprint density at radius 2 is 2.04 bits per heavy atom. The zero-order valence-electron chi connectivity index (χ0n) is 15.8. The highest BCUT2D eigenvalue weighted by Crippen LogP contribution is 2.25. The lowest BCUT2D eigenvalue weighted by Gasteiger charge is -2.20. The second-order valence-corrected chi connectivity index (χ2v) is 6.95. The summed E-state index contributed by atoms with van der Waals surface area (Å²) < 4.78 is 7.71. The number of aromatic nitrogens is 3. The Hall–Kier alpha value is -2.03. The van der Waals surface area contributed by atoms with Crippen LogP contribution in [0.15, 0.2) is 42.9 Å². The molecule has 0 aliphatic heterocycles. The van der Waals surface area contributed by atoms with E-state index in [2.05, 4.69) is 15.3 Å². The van der Waals surface area contributed by atoms with E-state index in [4.69, 9.17) is 16.3 Å². The van der Waals surface area contributed by atoms with Gasteiger partial charge in [-0.05, 0) is 12.0 Å². The number of nitrogens with zero attached hydrogens (tertiary/aromatic N) is 3. The molecule has 2 atom stereocenters. The second-order valence-electron chi connectivity index (χ2n) is 6.59. The number of nitrogens with one attached hydrogen (secondary N) is 1. The fourth-order valence-electron chi connectivity index (χ4n) is 3.08. The van der Waals surface area contributed by atoms with Crippen LogP contribution in [0.5, 0.6) is 0 Å². The Morgan fingerprint density at radius 3 is 2.75 bits per heavy atom. The molecule has 0 bridgehead atoms. The van der Waals surface area contributed by atoms with Crippen molar-refractivity contribution in [3.05, 3.63) is 59.1 Å². The monoisotopic (exact) mass is 404 g/mol. The lowest BCUT2D eigenvalue weighted by Crippen LogP contribution is -2.42. The number of aliphatic hydroxyl groups excluding tert-OH is 2. The van der Waals surface area contributed by atoms with E-state index in [9.17, 15) is 10.2 Å². The zero-order chi connectivity index (χ0) is 19.9. The van der Waals surface area contributed by atoms with E-state index >= 15 is 0 Å². The largest absolute Gasteiger partial charge is 0.395 e. The van der Waals surface area contributed by atoms with Crippen LogP contribution in [0.3, 0.4) is 0 Å². The van der Waals surface area contributed by atoms with E-state index in [1.165, 1.54) is 6.33 Å². The first kappa shape index (κ1) is 20.7. The van der Waals surface area contributed by atoms with Crippen LogP contribution in [0, 0.1) is 0 Å². The quantitative estimate of drug-likeness (QED) is 0.449. The van der Waals surface area contributed by atoms with Gasteiger partial charge in [-0.25, -0.2) is 9.97 Å². The first-order chi connectivity index (χ1) is 13.6. The molecule has 0 saturated heterocycles. The molecule has 3 N–H and O–H groups in total. The highest BCUT2D eigenvalue weighted by atomic mass is 35.5. The number of aliphatic hydroxyl groups is 2. The van der Waals surface area contributed by atoms with Crippen molar-refractivity contribution in [1.82, 2.24) is 19.9 Å². The minimum Gasteiger partial charge on any atom is -0.395 e. The lowest BCUT2D eigenvalue weighted by molar-refractivity contribution is 0.0666. The van der Waals surface area contributed by atoms with Crippen LogP contribution in [0.4, 0.5) is 0 Å². The minimum atomic E-state index is -0.620. The predicted molar refractivity (Wildman–Crippen MR) is 108 cm³/mol.